The molecule has 2 aliphatic heterocycles. The second-order valence-corrected chi connectivity index (χ2v) is 8.99. The van der Waals surface area contributed by atoms with Gasteiger partial charge in [-0.2, -0.15) is 0 Å². The van der Waals surface area contributed by atoms with Crippen molar-refractivity contribution in [1.82, 2.24) is 9.88 Å². The van der Waals surface area contributed by atoms with E-state index in [1.54, 1.807) is 24.5 Å². The predicted octanol–water partition coefficient (Wildman–Crippen LogP) is 4.13. The highest BCUT2D eigenvalue weighted by molar-refractivity contribution is 7.15. The topological polar surface area (TPSA) is 72.9 Å². The summed E-state index contributed by atoms with van der Waals surface area (Å²) < 4.78 is 16.7. The van der Waals surface area contributed by atoms with Crippen LogP contribution in [0.25, 0.3) is 6.08 Å². The predicted molar refractivity (Wildman–Crippen MR) is 128 cm³/mol. The number of nitrogens with zero attached hydrogens (tertiary/aromatic N) is 2. The highest BCUT2D eigenvalue weighted by atomic mass is 32.1. The Hall–Kier alpha value is -3.36. The van der Waals surface area contributed by atoms with Gasteiger partial charge in [-0.05, 0) is 29.3 Å². The van der Waals surface area contributed by atoms with Gasteiger partial charge in [0.2, 0.25) is 11.7 Å². The van der Waals surface area contributed by atoms with Crippen LogP contribution in [0.2, 0.25) is 0 Å². The first-order chi connectivity index (χ1) is 16.2. The number of hydrogen-bond donors (Lipinski definition) is 1. The summed E-state index contributed by atoms with van der Waals surface area (Å²) in [6.45, 7) is 3.71. The van der Waals surface area contributed by atoms with E-state index in [1.807, 2.05) is 18.2 Å². The third-order valence-electron chi connectivity index (χ3n) is 5.57. The Morgan fingerprint density at radius 3 is 2.94 bits per heavy atom. The van der Waals surface area contributed by atoms with Crippen molar-refractivity contribution in [3.63, 3.8) is 0 Å². The molecule has 5 rings (SSSR count). The Balaban J connectivity index is 1.22. The van der Waals surface area contributed by atoms with Gasteiger partial charge in [0.05, 0.1) is 12.8 Å². The van der Waals surface area contributed by atoms with Gasteiger partial charge in [-0.25, -0.2) is 4.98 Å². The Kier molecular flexibility index (Phi) is 6.28. The lowest BCUT2D eigenvalue weighted by Crippen LogP contribution is -2.29. The maximum Gasteiger partial charge on any atom is 0.250 e. The summed E-state index contributed by atoms with van der Waals surface area (Å²) in [5.74, 6) is 1.57. The van der Waals surface area contributed by atoms with E-state index in [4.69, 9.17) is 14.2 Å². The number of carbonyl (C=O) groups is 1. The molecule has 0 aliphatic carbocycles. The summed E-state index contributed by atoms with van der Waals surface area (Å²) in [5.41, 5.74) is 3.18. The van der Waals surface area contributed by atoms with E-state index < -0.39 is 0 Å². The minimum atomic E-state index is -0.226. The van der Waals surface area contributed by atoms with E-state index in [2.05, 4.69) is 39.5 Å². The van der Waals surface area contributed by atoms with Gasteiger partial charge in [0.15, 0.2) is 16.6 Å². The molecular weight excluding hydrogens is 438 g/mol. The molecule has 0 bridgehead atoms. The average Bonchev–Trinajstić information content (AvgIpc) is 3.24. The number of nitrogens with one attached hydrogen (secondary N) is 1. The van der Waals surface area contributed by atoms with Crippen molar-refractivity contribution in [3.8, 4) is 17.2 Å². The molecule has 170 valence electrons. The van der Waals surface area contributed by atoms with Gasteiger partial charge in [-0.15, -0.1) is 11.3 Å². The van der Waals surface area contributed by atoms with E-state index in [0.29, 0.717) is 35.6 Å². The molecule has 0 spiro atoms. The van der Waals surface area contributed by atoms with Gasteiger partial charge < -0.3 is 14.2 Å². The molecule has 2 aliphatic rings. The molecule has 3 aromatic rings. The van der Waals surface area contributed by atoms with E-state index in [9.17, 15) is 4.79 Å². The monoisotopic (exact) mass is 463 g/mol. The summed E-state index contributed by atoms with van der Waals surface area (Å²) in [6.07, 6.45) is 4.11. The molecule has 33 heavy (non-hydrogen) atoms. The molecular formula is C25H25N3O4S. The quantitative estimate of drug-likeness (QED) is 0.554. The van der Waals surface area contributed by atoms with Crippen molar-refractivity contribution in [3.05, 3.63) is 70.2 Å². The number of benzene rings is 2. The van der Waals surface area contributed by atoms with E-state index in [-0.39, 0.29) is 5.91 Å². The second-order valence-electron chi connectivity index (χ2n) is 7.91. The summed E-state index contributed by atoms with van der Waals surface area (Å²) in [7, 11) is 1.58. The SMILES string of the molecule is COc1cc(/C=C/C(=O)Nc2nc3c(s2)CN(Cc2ccccc2)CC3)cc2c1OCCO2. The third kappa shape index (κ3) is 5.02. The van der Waals surface area contributed by atoms with Gasteiger partial charge in [-0.1, -0.05) is 30.3 Å². The number of hydrogen-bond acceptors (Lipinski definition) is 7. The third-order valence-corrected chi connectivity index (χ3v) is 6.56. The zero-order valence-corrected chi connectivity index (χ0v) is 19.2. The fourth-order valence-electron chi connectivity index (χ4n) is 3.99. The van der Waals surface area contributed by atoms with Crippen molar-refractivity contribution >= 4 is 28.5 Å². The first-order valence-electron chi connectivity index (χ1n) is 10.9. The minimum absolute atomic E-state index is 0.226. The zero-order chi connectivity index (χ0) is 22.6. The molecule has 3 heterocycles. The lowest BCUT2D eigenvalue weighted by Gasteiger charge is -2.25. The Bertz CT molecular complexity index is 1160. The molecule has 1 N–H and O–H groups in total. The van der Waals surface area contributed by atoms with Gasteiger partial charge >= 0.3 is 0 Å². The molecule has 1 amide bonds. The van der Waals surface area contributed by atoms with Gasteiger partial charge in [0, 0.05) is 37.0 Å². The molecule has 7 nitrogen and oxygen atoms in total. The molecule has 0 unspecified atom stereocenters. The largest absolute Gasteiger partial charge is 0.493 e. The Morgan fingerprint density at radius 1 is 1.24 bits per heavy atom. The van der Waals surface area contributed by atoms with Crippen LogP contribution in [0.15, 0.2) is 48.5 Å². The van der Waals surface area contributed by atoms with Crippen LogP contribution in [0.3, 0.4) is 0 Å². The molecule has 0 fully saturated rings. The summed E-state index contributed by atoms with van der Waals surface area (Å²) >= 11 is 1.55. The van der Waals surface area contributed by atoms with Crippen molar-refractivity contribution in [2.24, 2.45) is 0 Å². The van der Waals surface area contributed by atoms with Crippen molar-refractivity contribution < 1.29 is 19.0 Å². The number of aromatic nitrogens is 1. The first kappa shape index (κ1) is 21.5. The molecule has 0 saturated heterocycles. The normalized spacial score (nSPS) is 15.3. The summed E-state index contributed by atoms with van der Waals surface area (Å²) in [5, 5.41) is 3.54. The number of rotatable bonds is 6. The van der Waals surface area contributed by atoms with Crippen LogP contribution in [0.5, 0.6) is 17.2 Å². The van der Waals surface area contributed by atoms with Gasteiger partial charge in [-0.3, -0.25) is 15.0 Å². The fraction of sp³-hybridized carbons (Fsp3) is 0.280. The lowest BCUT2D eigenvalue weighted by molar-refractivity contribution is -0.111. The lowest BCUT2D eigenvalue weighted by atomic mass is 10.1. The maximum atomic E-state index is 12.5. The average molecular weight is 464 g/mol. The number of fused-ring (bicyclic) bond motifs is 2. The summed E-state index contributed by atoms with van der Waals surface area (Å²) in [6, 6.07) is 14.1. The molecule has 0 radical (unpaired) electrons. The molecule has 0 atom stereocenters. The highest BCUT2D eigenvalue weighted by Crippen LogP contribution is 2.40. The number of carbonyl (C=O) groups excluding carboxylic acids is 1. The van der Waals surface area contributed by atoms with Gasteiger partial charge in [0.1, 0.15) is 13.2 Å². The van der Waals surface area contributed by atoms with E-state index >= 15 is 0 Å². The summed E-state index contributed by atoms with van der Waals surface area (Å²) in [4.78, 5) is 20.8. The van der Waals surface area contributed by atoms with Crippen LogP contribution < -0.4 is 19.5 Å². The number of amides is 1. The zero-order valence-electron chi connectivity index (χ0n) is 18.4. The number of anilines is 1. The van der Waals surface area contributed by atoms with Gasteiger partial charge in [0.25, 0.3) is 0 Å². The molecule has 2 aromatic carbocycles. The number of thiazole rings is 1. The standard InChI is InChI=1S/C25H25N3O4S/c1-30-20-13-18(14-21-24(20)32-12-11-31-21)7-8-23(29)27-25-26-19-9-10-28(16-22(19)33-25)15-17-5-3-2-4-6-17/h2-8,13-14H,9-12,15-16H2,1H3,(H,26,27,29)/b8-7+. The van der Waals surface area contributed by atoms with Crippen molar-refractivity contribution in [1.29, 1.82) is 0 Å². The Labute approximate surface area is 196 Å². The van der Waals surface area contributed by atoms with Crippen LogP contribution in [0.4, 0.5) is 5.13 Å². The molecule has 1 aromatic heterocycles. The van der Waals surface area contributed by atoms with Crippen LogP contribution >= 0.6 is 11.3 Å². The van der Waals surface area contributed by atoms with Crippen LogP contribution in [-0.2, 0) is 24.3 Å². The molecule has 0 saturated carbocycles. The van der Waals surface area contributed by atoms with Crippen molar-refractivity contribution in [2.75, 3.05) is 32.2 Å². The van der Waals surface area contributed by atoms with E-state index in [0.717, 1.165) is 37.3 Å². The van der Waals surface area contributed by atoms with Crippen molar-refractivity contribution in [2.45, 2.75) is 19.5 Å². The van der Waals surface area contributed by atoms with Crippen LogP contribution in [0.1, 0.15) is 21.7 Å². The van der Waals surface area contributed by atoms with Crippen LogP contribution in [0, 0.1) is 0 Å². The number of ether oxygens (including phenoxy) is 3. The Morgan fingerprint density at radius 2 is 2.09 bits per heavy atom. The maximum absolute atomic E-state index is 12.5. The second kappa shape index (κ2) is 9.64. The van der Waals surface area contributed by atoms with Crippen LogP contribution in [-0.4, -0.2) is 42.7 Å². The van der Waals surface area contributed by atoms with E-state index in [1.165, 1.54) is 16.5 Å². The first-order valence-corrected chi connectivity index (χ1v) is 11.7. The highest BCUT2D eigenvalue weighted by Gasteiger charge is 2.21. The smallest absolute Gasteiger partial charge is 0.250 e. The number of methoxy groups -OCH3 is 1. The molecule has 8 heteroatoms. The minimum Gasteiger partial charge on any atom is -0.493 e. The fourth-order valence-corrected chi connectivity index (χ4v) is 5.04.